The van der Waals surface area contributed by atoms with Crippen molar-refractivity contribution < 1.29 is 4.74 Å². The molecule has 0 saturated heterocycles. The predicted molar refractivity (Wildman–Crippen MR) is 73.7 cm³/mol. The summed E-state index contributed by atoms with van der Waals surface area (Å²) in [6, 6.07) is 4.83. The van der Waals surface area contributed by atoms with Crippen LogP contribution in [0.2, 0.25) is 0 Å². The third kappa shape index (κ3) is 5.05. The van der Waals surface area contributed by atoms with Crippen LogP contribution in [0, 0.1) is 0 Å². The maximum absolute atomic E-state index is 5.61. The molecule has 1 aliphatic rings. The van der Waals surface area contributed by atoms with E-state index in [0.29, 0.717) is 0 Å². The normalized spacial score (nSPS) is 14.7. The lowest BCUT2D eigenvalue weighted by molar-refractivity contribution is 0.293. The van der Waals surface area contributed by atoms with Crippen molar-refractivity contribution >= 4 is 0 Å². The molecule has 3 nitrogen and oxygen atoms in total. The van der Waals surface area contributed by atoms with Gasteiger partial charge in [-0.1, -0.05) is 32.3 Å². The summed E-state index contributed by atoms with van der Waals surface area (Å²) in [5.74, 6) is 0.752. The molecule has 1 aliphatic carbocycles. The van der Waals surface area contributed by atoms with Crippen molar-refractivity contribution in [2.24, 2.45) is 0 Å². The average molecular weight is 248 g/mol. The van der Waals surface area contributed by atoms with Gasteiger partial charge in [-0.2, -0.15) is 0 Å². The monoisotopic (exact) mass is 248 g/mol. The van der Waals surface area contributed by atoms with Crippen molar-refractivity contribution in [3.05, 3.63) is 23.9 Å². The molecule has 100 valence electrons. The zero-order valence-corrected chi connectivity index (χ0v) is 11.3. The molecule has 1 heterocycles. The van der Waals surface area contributed by atoms with Gasteiger partial charge in [0, 0.05) is 24.8 Å². The van der Waals surface area contributed by atoms with Crippen LogP contribution in [-0.4, -0.2) is 17.6 Å². The lowest BCUT2D eigenvalue weighted by atomic mass is 10.2. The Kier molecular flexibility index (Phi) is 5.46. The molecule has 1 N–H and O–H groups in total. The number of pyridine rings is 1. The highest BCUT2D eigenvalue weighted by Crippen LogP contribution is 2.19. The molecule has 0 aromatic carbocycles. The summed E-state index contributed by atoms with van der Waals surface area (Å²) in [6.07, 6.45) is 9.50. The number of rotatable bonds is 9. The summed E-state index contributed by atoms with van der Waals surface area (Å²) < 4.78 is 5.61. The topological polar surface area (TPSA) is 34.1 Å². The molecule has 2 rings (SSSR count). The van der Waals surface area contributed by atoms with E-state index in [2.05, 4.69) is 23.3 Å². The third-order valence-corrected chi connectivity index (χ3v) is 3.22. The van der Waals surface area contributed by atoms with E-state index < -0.39 is 0 Å². The predicted octanol–water partition coefficient (Wildman–Crippen LogP) is 3.29. The van der Waals surface area contributed by atoms with Crippen LogP contribution in [0.4, 0.5) is 0 Å². The van der Waals surface area contributed by atoms with Crippen LogP contribution >= 0.6 is 0 Å². The van der Waals surface area contributed by atoms with Crippen molar-refractivity contribution in [1.82, 2.24) is 10.3 Å². The molecule has 18 heavy (non-hydrogen) atoms. The fourth-order valence-corrected chi connectivity index (χ4v) is 1.86. The highest BCUT2D eigenvalue weighted by molar-refractivity contribution is 5.17. The largest absolute Gasteiger partial charge is 0.478 e. The van der Waals surface area contributed by atoms with E-state index in [1.54, 1.807) is 0 Å². The Bertz CT molecular complexity index is 333. The summed E-state index contributed by atoms with van der Waals surface area (Å²) >= 11 is 0. The van der Waals surface area contributed by atoms with Crippen LogP contribution in [-0.2, 0) is 6.54 Å². The van der Waals surface area contributed by atoms with Crippen LogP contribution in [0.5, 0.6) is 5.88 Å². The summed E-state index contributed by atoms with van der Waals surface area (Å²) in [5.41, 5.74) is 1.24. The number of aromatic nitrogens is 1. The second-order valence-corrected chi connectivity index (χ2v) is 5.07. The van der Waals surface area contributed by atoms with Crippen LogP contribution in [0.15, 0.2) is 18.3 Å². The second-order valence-electron chi connectivity index (χ2n) is 5.07. The van der Waals surface area contributed by atoms with E-state index in [0.717, 1.165) is 31.5 Å². The smallest absolute Gasteiger partial charge is 0.213 e. The average Bonchev–Trinajstić information content (AvgIpc) is 3.22. The zero-order chi connectivity index (χ0) is 12.6. The molecule has 1 saturated carbocycles. The minimum Gasteiger partial charge on any atom is -0.478 e. The first kappa shape index (κ1) is 13.3. The first-order valence-electron chi connectivity index (χ1n) is 7.19. The number of hydrogen-bond acceptors (Lipinski definition) is 3. The Balaban J connectivity index is 1.63. The van der Waals surface area contributed by atoms with Crippen LogP contribution in [0.25, 0.3) is 0 Å². The summed E-state index contributed by atoms with van der Waals surface area (Å²) in [6.45, 7) is 3.93. The second kappa shape index (κ2) is 7.37. The van der Waals surface area contributed by atoms with Gasteiger partial charge < -0.3 is 10.1 Å². The van der Waals surface area contributed by atoms with Gasteiger partial charge >= 0.3 is 0 Å². The lowest BCUT2D eigenvalue weighted by Gasteiger charge is -2.06. The fraction of sp³-hybridized carbons (Fsp3) is 0.667. The lowest BCUT2D eigenvalue weighted by Crippen LogP contribution is -2.15. The van der Waals surface area contributed by atoms with E-state index in [-0.39, 0.29) is 0 Å². The van der Waals surface area contributed by atoms with Gasteiger partial charge in [0.2, 0.25) is 5.88 Å². The number of nitrogens with one attached hydrogen (secondary N) is 1. The van der Waals surface area contributed by atoms with E-state index in [1.807, 2.05) is 12.3 Å². The first-order chi connectivity index (χ1) is 8.88. The van der Waals surface area contributed by atoms with Gasteiger partial charge in [-0.25, -0.2) is 4.98 Å². The van der Waals surface area contributed by atoms with Crippen molar-refractivity contribution in [2.75, 3.05) is 6.61 Å². The molecule has 0 aliphatic heterocycles. The molecule has 0 atom stereocenters. The van der Waals surface area contributed by atoms with Crippen molar-refractivity contribution in [3.63, 3.8) is 0 Å². The minimum absolute atomic E-state index is 0.750. The van der Waals surface area contributed by atoms with Gasteiger partial charge in [0.25, 0.3) is 0 Å². The highest BCUT2D eigenvalue weighted by atomic mass is 16.5. The molecule has 3 heteroatoms. The number of nitrogens with zero attached hydrogens (tertiary/aromatic N) is 1. The fourth-order valence-electron chi connectivity index (χ4n) is 1.86. The quantitative estimate of drug-likeness (QED) is 0.681. The standard InChI is InChI=1S/C15H24N2O/c1-2-3-4-5-10-18-15-9-6-13(12-17-15)11-16-14-7-8-14/h6,9,12,14,16H,2-5,7-8,10-11H2,1H3. The van der Waals surface area contributed by atoms with E-state index in [1.165, 1.54) is 37.7 Å². The number of unbranched alkanes of at least 4 members (excludes halogenated alkanes) is 3. The Morgan fingerprint density at radius 3 is 2.83 bits per heavy atom. The van der Waals surface area contributed by atoms with E-state index in [4.69, 9.17) is 4.74 Å². The van der Waals surface area contributed by atoms with Gasteiger partial charge in [-0.05, 0) is 24.8 Å². The maximum Gasteiger partial charge on any atom is 0.213 e. The van der Waals surface area contributed by atoms with Crippen LogP contribution in [0.3, 0.4) is 0 Å². The minimum atomic E-state index is 0.750. The Morgan fingerprint density at radius 2 is 2.17 bits per heavy atom. The van der Waals surface area contributed by atoms with Crippen LogP contribution < -0.4 is 10.1 Å². The Hall–Kier alpha value is -1.09. The van der Waals surface area contributed by atoms with Gasteiger partial charge in [-0.15, -0.1) is 0 Å². The molecule has 0 radical (unpaired) electrons. The summed E-state index contributed by atoms with van der Waals surface area (Å²) in [7, 11) is 0. The van der Waals surface area contributed by atoms with Gasteiger partial charge in [0.1, 0.15) is 0 Å². The Labute approximate surface area is 110 Å². The van der Waals surface area contributed by atoms with E-state index in [9.17, 15) is 0 Å². The Morgan fingerprint density at radius 1 is 1.28 bits per heavy atom. The summed E-state index contributed by atoms with van der Waals surface area (Å²) in [4.78, 5) is 4.33. The SMILES string of the molecule is CCCCCCOc1ccc(CNC2CC2)cn1. The van der Waals surface area contributed by atoms with Gasteiger partial charge in [0.15, 0.2) is 0 Å². The van der Waals surface area contributed by atoms with Crippen LogP contribution in [0.1, 0.15) is 51.0 Å². The molecule has 1 fully saturated rings. The maximum atomic E-state index is 5.61. The van der Waals surface area contributed by atoms with E-state index >= 15 is 0 Å². The number of ether oxygens (including phenoxy) is 1. The molecule has 0 unspecified atom stereocenters. The molecule has 0 bridgehead atoms. The molecule has 0 amide bonds. The van der Waals surface area contributed by atoms with Crippen molar-refractivity contribution in [1.29, 1.82) is 0 Å². The molecule has 1 aromatic rings. The zero-order valence-electron chi connectivity index (χ0n) is 11.3. The highest BCUT2D eigenvalue weighted by Gasteiger charge is 2.19. The van der Waals surface area contributed by atoms with Crippen molar-refractivity contribution in [3.8, 4) is 5.88 Å². The van der Waals surface area contributed by atoms with Gasteiger partial charge in [0.05, 0.1) is 6.61 Å². The number of hydrogen-bond donors (Lipinski definition) is 1. The molecular weight excluding hydrogens is 224 g/mol. The van der Waals surface area contributed by atoms with Gasteiger partial charge in [-0.3, -0.25) is 0 Å². The molecule has 1 aromatic heterocycles. The third-order valence-electron chi connectivity index (χ3n) is 3.22. The summed E-state index contributed by atoms with van der Waals surface area (Å²) in [5, 5.41) is 3.48. The van der Waals surface area contributed by atoms with Crippen molar-refractivity contribution in [2.45, 2.75) is 58.0 Å². The first-order valence-corrected chi connectivity index (χ1v) is 7.19. The molecule has 0 spiro atoms. The molecular formula is C15H24N2O.